The van der Waals surface area contributed by atoms with E-state index in [9.17, 15) is 8.42 Å². The molecule has 0 spiro atoms. The zero-order valence-corrected chi connectivity index (χ0v) is 10.1. The van der Waals surface area contributed by atoms with E-state index in [0.717, 1.165) is 5.56 Å². The SMILES string of the molecule is C/C(=C(/C)S(N)(=O)=O)c1ccc(Cl)cc1. The van der Waals surface area contributed by atoms with E-state index in [4.69, 9.17) is 16.7 Å². The molecule has 0 heterocycles. The fraction of sp³-hybridized carbons (Fsp3) is 0.200. The molecule has 3 nitrogen and oxygen atoms in total. The second-order valence-electron chi connectivity index (χ2n) is 3.23. The molecule has 1 aromatic rings. The van der Waals surface area contributed by atoms with Crippen LogP contribution in [0.4, 0.5) is 0 Å². The molecule has 0 aromatic heterocycles. The molecule has 0 aliphatic heterocycles. The summed E-state index contributed by atoms with van der Waals surface area (Å²) in [7, 11) is -3.61. The number of sulfonamides is 1. The van der Waals surface area contributed by atoms with E-state index in [1.54, 1.807) is 31.2 Å². The van der Waals surface area contributed by atoms with Crippen molar-refractivity contribution in [1.82, 2.24) is 0 Å². The fourth-order valence-electron chi connectivity index (χ4n) is 1.12. The molecule has 2 N–H and O–H groups in total. The van der Waals surface area contributed by atoms with Crippen LogP contribution in [-0.4, -0.2) is 8.42 Å². The summed E-state index contributed by atoms with van der Waals surface area (Å²) in [5.74, 6) is 0. The van der Waals surface area contributed by atoms with Crippen LogP contribution in [0.2, 0.25) is 5.02 Å². The zero-order chi connectivity index (χ0) is 11.6. The third kappa shape index (κ3) is 3.06. The highest BCUT2D eigenvalue weighted by Gasteiger charge is 2.10. The van der Waals surface area contributed by atoms with E-state index in [2.05, 4.69) is 0 Å². The maximum atomic E-state index is 11.1. The van der Waals surface area contributed by atoms with E-state index < -0.39 is 10.0 Å². The lowest BCUT2D eigenvalue weighted by molar-refractivity contribution is 0.604. The third-order valence-electron chi connectivity index (χ3n) is 2.23. The summed E-state index contributed by atoms with van der Waals surface area (Å²) in [5.41, 5.74) is 1.43. The van der Waals surface area contributed by atoms with Crippen molar-refractivity contribution in [2.45, 2.75) is 13.8 Å². The molecule has 0 fully saturated rings. The molecule has 15 heavy (non-hydrogen) atoms. The minimum atomic E-state index is -3.61. The summed E-state index contributed by atoms with van der Waals surface area (Å²) < 4.78 is 22.2. The molecule has 0 bridgehead atoms. The van der Waals surface area contributed by atoms with Gasteiger partial charge < -0.3 is 0 Å². The molecule has 0 radical (unpaired) electrons. The van der Waals surface area contributed by atoms with Crippen molar-refractivity contribution in [1.29, 1.82) is 0 Å². The van der Waals surface area contributed by atoms with Crippen LogP contribution < -0.4 is 5.14 Å². The Bertz CT molecular complexity index is 489. The van der Waals surface area contributed by atoms with E-state index in [0.29, 0.717) is 10.6 Å². The van der Waals surface area contributed by atoms with Crippen LogP contribution in [0.1, 0.15) is 19.4 Å². The summed E-state index contributed by atoms with van der Waals surface area (Å²) in [5, 5.41) is 5.65. The van der Waals surface area contributed by atoms with E-state index in [-0.39, 0.29) is 4.91 Å². The molecule has 0 aliphatic rings. The first-order valence-electron chi connectivity index (χ1n) is 4.28. The average Bonchev–Trinajstić information content (AvgIpc) is 2.15. The first-order valence-corrected chi connectivity index (χ1v) is 6.21. The van der Waals surface area contributed by atoms with E-state index in [1.807, 2.05) is 0 Å². The first kappa shape index (κ1) is 12.2. The van der Waals surface area contributed by atoms with Gasteiger partial charge in [0.15, 0.2) is 0 Å². The highest BCUT2D eigenvalue weighted by Crippen LogP contribution is 2.21. The number of benzene rings is 1. The number of allylic oxidation sites excluding steroid dienone is 2. The van der Waals surface area contributed by atoms with Gasteiger partial charge in [-0.1, -0.05) is 23.7 Å². The largest absolute Gasteiger partial charge is 0.234 e. The van der Waals surface area contributed by atoms with Gasteiger partial charge in [0.25, 0.3) is 0 Å². The molecule has 0 atom stereocenters. The van der Waals surface area contributed by atoms with Crippen LogP contribution in [0.25, 0.3) is 5.57 Å². The molecule has 82 valence electrons. The highest BCUT2D eigenvalue weighted by atomic mass is 35.5. The predicted octanol–water partition coefficient (Wildman–Crippen LogP) is 2.38. The van der Waals surface area contributed by atoms with Gasteiger partial charge in [0.05, 0.1) is 4.91 Å². The quantitative estimate of drug-likeness (QED) is 0.870. The van der Waals surface area contributed by atoms with Crippen LogP contribution >= 0.6 is 11.6 Å². The molecule has 0 unspecified atom stereocenters. The molecular formula is C10H12ClNO2S. The van der Waals surface area contributed by atoms with Crippen molar-refractivity contribution in [3.05, 3.63) is 39.8 Å². The Morgan fingerprint density at radius 3 is 2.07 bits per heavy atom. The van der Waals surface area contributed by atoms with Gasteiger partial charge in [-0.2, -0.15) is 0 Å². The van der Waals surface area contributed by atoms with Gasteiger partial charge >= 0.3 is 0 Å². The molecular weight excluding hydrogens is 234 g/mol. The van der Waals surface area contributed by atoms with Crippen LogP contribution in [0, 0.1) is 0 Å². The van der Waals surface area contributed by atoms with Gasteiger partial charge in [-0.25, -0.2) is 13.6 Å². The molecule has 0 saturated heterocycles. The van der Waals surface area contributed by atoms with Crippen molar-refractivity contribution >= 4 is 27.2 Å². The van der Waals surface area contributed by atoms with Crippen LogP contribution in [0.3, 0.4) is 0 Å². The molecule has 0 amide bonds. The van der Waals surface area contributed by atoms with Gasteiger partial charge in [-0.15, -0.1) is 0 Å². The minimum absolute atomic E-state index is 0.171. The summed E-state index contributed by atoms with van der Waals surface area (Å²) in [4.78, 5) is 0.171. The van der Waals surface area contributed by atoms with Gasteiger partial charge in [-0.3, -0.25) is 0 Å². The molecule has 0 saturated carbocycles. The maximum Gasteiger partial charge on any atom is 0.234 e. The van der Waals surface area contributed by atoms with Crippen molar-refractivity contribution in [2.75, 3.05) is 0 Å². The Morgan fingerprint density at radius 1 is 1.20 bits per heavy atom. The van der Waals surface area contributed by atoms with Gasteiger partial charge in [0.2, 0.25) is 10.0 Å². The van der Waals surface area contributed by atoms with Crippen LogP contribution in [0.15, 0.2) is 29.2 Å². The van der Waals surface area contributed by atoms with Crippen molar-refractivity contribution in [3.63, 3.8) is 0 Å². The lowest BCUT2D eigenvalue weighted by Gasteiger charge is -2.06. The number of rotatable bonds is 2. The Hall–Kier alpha value is -0.840. The Balaban J connectivity index is 3.25. The van der Waals surface area contributed by atoms with Crippen LogP contribution in [-0.2, 0) is 10.0 Å². The first-order chi connectivity index (χ1) is 6.82. The second kappa shape index (κ2) is 4.35. The Labute approximate surface area is 94.6 Å². The highest BCUT2D eigenvalue weighted by molar-refractivity contribution is 7.93. The van der Waals surface area contributed by atoms with E-state index in [1.165, 1.54) is 6.92 Å². The number of nitrogens with two attached hydrogens (primary N) is 1. The summed E-state index contributed by atoms with van der Waals surface area (Å²) in [6.07, 6.45) is 0. The summed E-state index contributed by atoms with van der Waals surface area (Å²) >= 11 is 5.73. The average molecular weight is 246 g/mol. The smallest absolute Gasteiger partial charge is 0.225 e. The normalized spacial score (nSPS) is 13.6. The standard InChI is InChI=1S/C10H12ClNO2S/c1-7(8(2)15(12,13)14)9-3-5-10(11)6-4-9/h3-6H,1-2H3,(H2,12,13,14)/b8-7+. The van der Waals surface area contributed by atoms with Crippen molar-refractivity contribution in [3.8, 4) is 0 Å². The molecule has 0 aliphatic carbocycles. The third-order valence-corrected chi connectivity index (χ3v) is 3.64. The maximum absolute atomic E-state index is 11.1. The topological polar surface area (TPSA) is 60.2 Å². The van der Waals surface area contributed by atoms with Crippen molar-refractivity contribution < 1.29 is 8.42 Å². The second-order valence-corrected chi connectivity index (χ2v) is 5.37. The molecule has 5 heteroatoms. The number of primary sulfonamides is 1. The van der Waals surface area contributed by atoms with Crippen LogP contribution in [0.5, 0.6) is 0 Å². The van der Waals surface area contributed by atoms with Gasteiger partial charge in [0, 0.05) is 5.02 Å². The number of hydrogen-bond acceptors (Lipinski definition) is 2. The van der Waals surface area contributed by atoms with Crippen molar-refractivity contribution in [2.24, 2.45) is 5.14 Å². The lowest BCUT2D eigenvalue weighted by Crippen LogP contribution is -2.13. The summed E-state index contributed by atoms with van der Waals surface area (Å²) in [6.45, 7) is 3.20. The summed E-state index contributed by atoms with van der Waals surface area (Å²) in [6, 6.07) is 6.92. The Kier molecular flexibility index (Phi) is 3.54. The fourth-order valence-corrected chi connectivity index (χ4v) is 1.79. The lowest BCUT2D eigenvalue weighted by atomic mass is 10.1. The molecule has 1 aromatic carbocycles. The van der Waals surface area contributed by atoms with Gasteiger partial charge in [0.1, 0.15) is 0 Å². The predicted molar refractivity (Wildman–Crippen MR) is 62.8 cm³/mol. The van der Waals surface area contributed by atoms with Gasteiger partial charge in [-0.05, 0) is 37.1 Å². The monoisotopic (exact) mass is 245 g/mol. The zero-order valence-electron chi connectivity index (χ0n) is 8.49. The molecule has 1 rings (SSSR count). The minimum Gasteiger partial charge on any atom is -0.225 e. The Morgan fingerprint density at radius 2 is 1.67 bits per heavy atom. The number of halogens is 1. The van der Waals surface area contributed by atoms with E-state index >= 15 is 0 Å². The number of hydrogen-bond donors (Lipinski definition) is 1.